The van der Waals surface area contributed by atoms with Crippen LogP contribution in [0.5, 0.6) is 0 Å². The molecule has 104 valence electrons. The smallest absolute Gasteiger partial charge is 0.217 e. The Labute approximate surface area is 120 Å². The van der Waals surface area contributed by atoms with E-state index in [-0.39, 0.29) is 6.04 Å². The van der Waals surface area contributed by atoms with E-state index in [1.54, 1.807) is 0 Å². The molecule has 0 unspecified atom stereocenters. The molecule has 2 nitrogen and oxygen atoms in total. The highest BCUT2D eigenvalue weighted by molar-refractivity contribution is 9.12. The van der Waals surface area contributed by atoms with Crippen molar-refractivity contribution in [3.05, 3.63) is 21.2 Å². The van der Waals surface area contributed by atoms with Crippen LogP contribution in [-0.2, 0) is 4.74 Å². The molecule has 0 spiro atoms. The Morgan fingerprint density at radius 2 is 1.72 bits per heavy atom. The number of hydrogen-bond acceptors (Lipinski definition) is 2. The lowest BCUT2D eigenvalue weighted by Crippen LogP contribution is -2.13. The van der Waals surface area contributed by atoms with Crippen molar-refractivity contribution in [2.45, 2.75) is 60.9 Å². The summed E-state index contributed by atoms with van der Waals surface area (Å²) >= 11 is 3.69. The third kappa shape index (κ3) is 5.38. The van der Waals surface area contributed by atoms with Gasteiger partial charge in [0.1, 0.15) is 0 Å². The van der Waals surface area contributed by atoms with Crippen LogP contribution in [-0.4, -0.2) is 18.5 Å². The van der Waals surface area contributed by atoms with Crippen molar-refractivity contribution in [1.29, 1.82) is 0 Å². The summed E-state index contributed by atoms with van der Waals surface area (Å²) in [6, 6.07) is 0.225. The summed E-state index contributed by atoms with van der Waals surface area (Å²) in [5.74, 6) is 0.743. The maximum Gasteiger partial charge on any atom is 0.217 e. The predicted octanol–water partition coefficient (Wildman–Crippen LogP) is 5.25. The summed E-state index contributed by atoms with van der Waals surface area (Å²) < 4.78 is 6.83. The average Bonchev–Trinajstić information content (AvgIpc) is 2.26. The van der Waals surface area contributed by atoms with E-state index in [9.17, 15) is 0 Å². The molecule has 3 heteroatoms. The van der Waals surface area contributed by atoms with Gasteiger partial charge in [-0.3, -0.25) is 0 Å². The van der Waals surface area contributed by atoms with E-state index in [4.69, 9.17) is 4.74 Å². The minimum atomic E-state index is 0.225. The van der Waals surface area contributed by atoms with E-state index in [1.165, 1.54) is 11.1 Å². The zero-order valence-electron chi connectivity index (χ0n) is 12.7. The van der Waals surface area contributed by atoms with E-state index < -0.39 is 0 Å². The Hall–Kier alpha value is -0.570. The molecule has 0 aromatic rings. The van der Waals surface area contributed by atoms with Crippen molar-refractivity contribution in [2.24, 2.45) is 4.99 Å². The largest absolute Gasteiger partial charge is 0.478 e. The molecule has 0 aliphatic heterocycles. The Morgan fingerprint density at radius 3 is 2.06 bits per heavy atom. The first kappa shape index (κ1) is 17.4. The summed E-state index contributed by atoms with van der Waals surface area (Å²) in [6.45, 7) is 15.2. The van der Waals surface area contributed by atoms with Gasteiger partial charge in [-0.15, -0.1) is 0 Å². The van der Waals surface area contributed by atoms with Gasteiger partial charge in [0.05, 0.1) is 6.61 Å². The molecule has 0 amide bonds. The van der Waals surface area contributed by atoms with Gasteiger partial charge < -0.3 is 4.74 Å². The van der Waals surface area contributed by atoms with Gasteiger partial charge in [0.2, 0.25) is 5.90 Å². The fraction of sp³-hybridized carbons (Fsp3) is 0.667. The van der Waals surface area contributed by atoms with Crippen LogP contribution < -0.4 is 0 Å². The van der Waals surface area contributed by atoms with E-state index in [0.717, 1.165) is 22.4 Å². The van der Waals surface area contributed by atoms with Crippen LogP contribution >= 0.6 is 15.9 Å². The standard InChI is InChI=1S/C15H26BrNO/c1-8-12(7)14(16)13(10(3)4)15(18-9-2)17-11(5)6/h11H,8-9H2,1-7H3/b14-12-,17-15?. The van der Waals surface area contributed by atoms with Gasteiger partial charge >= 0.3 is 0 Å². The van der Waals surface area contributed by atoms with Gasteiger partial charge in [0.25, 0.3) is 0 Å². The van der Waals surface area contributed by atoms with Crippen LogP contribution in [0.25, 0.3) is 0 Å². The average molecular weight is 316 g/mol. The first-order valence-corrected chi connectivity index (χ1v) is 7.38. The SMILES string of the molecule is CCOC(=NC(C)C)C(=C(C)C)/C(Br)=C(\C)CC. The number of aliphatic imine (C=N–C) groups is 1. The maximum atomic E-state index is 5.72. The van der Waals surface area contributed by atoms with Crippen LogP contribution in [0, 0.1) is 0 Å². The molecular weight excluding hydrogens is 290 g/mol. The van der Waals surface area contributed by atoms with Crippen LogP contribution in [0.2, 0.25) is 0 Å². The molecule has 0 radical (unpaired) electrons. The lowest BCUT2D eigenvalue weighted by molar-refractivity contribution is 0.325. The molecule has 0 bridgehead atoms. The summed E-state index contributed by atoms with van der Waals surface area (Å²) in [4.78, 5) is 4.60. The second-order valence-corrected chi connectivity index (χ2v) is 5.58. The van der Waals surface area contributed by atoms with Crippen LogP contribution in [0.15, 0.2) is 26.2 Å². The second kappa shape index (κ2) is 8.52. The molecular formula is C15H26BrNO. The highest BCUT2D eigenvalue weighted by Gasteiger charge is 2.16. The van der Waals surface area contributed by atoms with Crippen LogP contribution in [0.3, 0.4) is 0 Å². The van der Waals surface area contributed by atoms with Gasteiger partial charge in [0.15, 0.2) is 0 Å². The monoisotopic (exact) mass is 315 g/mol. The van der Waals surface area contributed by atoms with Gasteiger partial charge in [0, 0.05) is 16.1 Å². The highest BCUT2D eigenvalue weighted by atomic mass is 79.9. The quantitative estimate of drug-likeness (QED) is 0.386. The lowest BCUT2D eigenvalue weighted by Gasteiger charge is -2.16. The molecule has 0 N–H and O–H groups in total. The molecule has 0 aromatic carbocycles. The molecule has 0 saturated carbocycles. The number of nitrogens with zero attached hydrogens (tertiary/aromatic N) is 1. The van der Waals surface area contributed by atoms with Gasteiger partial charge in [-0.25, -0.2) is 4.99 Å². The fourth-order valence-electron chi connectivity index (χ4n) is 1.44. The first-order valence-electron chi connectivity index (χ1n) is 6.59. The Kier molecular flexibility index (Phi) is 8.25. The Bertz CT molecular complexity index is 361. The van der Waals surface area contributed by atoms with Gasteiger partial charge in [-0.2, -0.15) is 0 Å². The topological polar surface area (TPSA) is 21.6 Å². The van der Waals surface area contributed by atoms with Gasteiger partial charge in [-0.1, -0.05) is 34.0 Å². The second-order valence-electron chi connectivity index (χ2n) is 4.78. The van der Waals surface area contributed by atoms with Crippen molar-refractivity contribution in [2.75, 3.05) is 6.61 Å². The Morgan fingerprint density at radius 1 is 1.17 bits per heavy atom. The molecule has 18 heavy (non-hydrogen) atoms. The number of hydrogen-bond donors (Lipinski definition) is 0. The van der Waals surface area contributed by atoms with E-state index in [1.807, 2.05) is 6.92 Å². The third-order valence-electron chi connectivity index (χ3n) is 2.49. The molecule has 0 saturated heterocycles. The minimum absolute atomic E-state index is 0.225. The lowest BCUT2D eigenvalue weighted by atomic mass is 10.1. The number of halogens is 1. The number of rotatable bonds is 5. The predicted molar refractivity (Wildman–Crippen MR) is 84.5 cm³/mol. The summed E-state index contributed by atoms with van der Waals surface area (Å²) in [5, 5.41) is 0. The van der Waals surface area contributed by atoms with Crippen molar-refractivity contribution in [3.8, 4) is 0 Å². The molecule has 0 rings (SSSR count). The molecule has 0 aliphatic rings. The maximum absolute atomic E-state index is 5.72. The summed E-state index contributed by atoms with van der Waals surface area (Å²) in [5.41, 5.74) is 3.61. The van der Waals surface area contributed by atoms with Crippen molar-refractivity contribution < 1.29 is 4.74 Å². The summed E-state index contributed by atoms with van der Waals surface area (Å²) in [6.07, 6.45) is 1.01. The Balaban J connectivity index is 5.69. The normalized spacial score (nSPS) is 13.5. The van der Waals surface area contributed by atoms with E-state index in [0.29, 0.717) is 6.61 Å². The van der Waals surface area contributed by atoms with Crippen molar-refractivity contribution in [1.82, 2.24) is 0 Å². The highest BCUT2D eigenvalue weighted by Crippen LogP contribution is 2.28. The zero-order valence-corrected chi connectivity index (χ0v) is 14.3. The van der Waals surface area contributed by atoms with Crippen molar-refractivity contribution >= 4 is 21.8 Å². The molecule has 0 heterocycles. The third-order valence-corrected chi connectivity index (χ3v) is 3.57. The van der Waals surface area contributed by atoms with Crippen LogP contribution in [0.1, 0.15) is 54.9 Å². The molecule has 0 aromatic heterocycles. The number of ether oxygens (including phenoxy) is 1. The minimum Gasteiger partial charge on any atom is -0.478 e. The van der Waals surface area contributed by atoms with Crippen LogP contribution in [0.4, 0.5) is 0 Å². The molecule has 0 fully saturated rings. The van der Waals surface area contributed by atoms with Gasteiger partial charge in [-0.05, 0) is 48.0 Å². The van der Waals surface area contributed by atoms with E-state index >= 15 is 0 Å². The summed E-state index contributed by atoms with van der Waals surface area (Å²) in [7, 11) is 0. The number of allylic oxidation sites excluding steroid dienone is 2. The fourth-order valence-corrected chi connectivity index (χ4v) is 2.29. The van der Waals surface area contributed by atoms with Crippen molar-refractivity contribution in [3.63, 3.8) is 0 Å². The molecule has 0 aliphatic carbocycles. The van der Waals surface area contributed by atoms with E-state index in [2.05, 4.69) is 62.5 Å². The molecule has 0 atom stereocenters. The zero-order chi connectivity index (χ0) is 14.3. The first-order chi connectivity index (χ1) is 8.34.